The molecule has 2 aliphatic rings. The molecule has 0 unspecified atom stereocenters. The van der Waals surface area contributed by atoms with Crippen molar-refractivity contribution in [3.05, 3.63) is 35.8 Å². The molecule has 1 aromatic carbocycles. The highest BCUT2D eigenvalue weighted by Crippen LogP contribution is 2.41. The number of hydrogen-bond donors (Lipinski definition) is 1. The van der Waals surface area contributed by atoms with Crippen LogP contribution in [0.1, 0.15) is 10.5 Å². The van der Waals surface area contributed by atoms with E-state index >= 15 is 0 Å². The number of ether oxygens (including phenoxy) is 2. The maximum absolute atomic E-state index is 13.3. The summed E-state index contributed by atoms with van der Waals surface area (Å²) in [5.74, 6) is -0.0397. The van der Waals surface area contributed by atoms with Crippen LogP contribution in [-0.4, -0.2) is 55.8 Å². The van der Waals surface area contributed by atoms with Gasteiger partial charge in [0.25, 0.3) is 5.91 Å². The Morgan fingerprint density at radius 1 is 1.52 bits per heavy atom. The standard InChI is InChI=1S/C17H19FN2O3/c1-22-9-17-8-20(6-12(17)7-23-10-17)16(21)15-5-11-4-13(18)2-3-14(11)19-15/h2-5,12,19H,6-10H2,1H3/t12-,17-/m0/s1. The minimum absolute atomic E-state index is 0.0495. The molecule has 4 rings (SSSR count). The number of methoxy groups -OCH3 is 1. The highest BCUT2D eigenvalue weighted by Gasteiger charge is 2.52. The topological polar surface area (TPSA) is 54.6 Å². The minimum atomic E-state index is -0.303. The van der Waals surface area contributed by atoms with Crippen molar-refractivity contribution in [2.45, 2.75) is 0 Å². The first-order valence-electron chi connectivity index (χ1n) is 7.75. The number of nitrogens with zero attached hydrogens (tertiary/aromatic N) is 1. The average molecular weight is 318 g/mol. The van der Waals surface area contributed by atoms with Crippen LogP contribution in [0, 0.1) is 17.2 Å². The SMILES string of the molecule is COC[C@@]12COC[C@@H]1CN(C(=O)c1cc3cc(F)ccc3[nH]1)C2. The third-order valence-electron chi connectivity index (χ3n) is 5.05. The predicted molar refractivity (Wildman–Crippen MR) is 82.8 cm³/mol. The molecule has 0 bridgehead atoms. The fraction of sp³-hybridized carbons (Fsp3) is 0.471. The first-order valence-corrected chi connectivity index (χ1v) is 7.75. The molecule has 1 amide bonds. The summed E-state index contributed by atoms with van der Waals surface area (Å²) >= 11 is 0. The summed E-state index contributed by atoms with van der Waals surface area (Å²) in [5, 5.41) is 0.711. The lowest BCUT2D eigenvalue weighted by molar-refractivity contribution is 0.0487. The van der Waals surface area contributed by atoms with Gasteiger partial charge in [-0.2, -0.15) is 0 Å². The summed E-state index contributed by atoms with van der Waals surface area (Å²) in [6.07, 6.45) is 0. The molecular weight excluding hydrogens is 299 g/mol. The van der Waals surface area contributed by atoms with Crippen LogP contribution >= 0.6 is 0 Å². The second kappa shape index (κ2) is 5.32. The molecule has 2 atom stereocenters. The first-order chi connectivity index (χ1) is 11.1. The molecule has 0 spiro atoms. The Kier molecular flexibility index (Phi) is 3.39. The van der Waals surface area contributed by atoms with Gasteiger partial charge in [-0.1, -0.05) is 0 Å². The summed E-state index contributed by atoms with van der Waals surface area (Å²) in [5.41, 5.74) is 1.17. The van der Waals surface area contributed by atoms with Crippen LogP contribution in [0.25, 0.3) is 10.9 Å². The Morgan fingerprint density at radius 3 is 3.22 bits per heavy atom. The number of carbonyl (C=O) groups excluding carboxylic acids is 1. The third kappa shape index (κ3) is 2.33. The predicted octanol–water partition coefficient (Wildman–Crippen LogP) is 2.04. The van der Waals surface area contributed by atoms with Crippen molar-refractivity contribution in [1.82, 2.24) is 9.88 Å². The average Bonchev–Trinajstić information content (AvgIpc) is 3.17. The number of nitrogens with one attached hydrogen (secondary N) is 1. The molecule has 2 fully saturated rings. The van der Waals surface area contributed by atoms with E-state index < -0.39 is 0 Å². The van der Waals surface area contributed by atoms with E-state index in [1.54, 1.807) is 19.2 Å². The van der Waals surface area contributed by atoms with E-state index in [4.69, 9.17) is 9.47 Å². The van der Waals surface area contributed by atoms with E-state index in [0.29, 0.717) is 49.9 Å². The van der Waals surface area contributed by atoms with E-state index in [2.05, 4.69) is 4.98 Å². The van der Waals surface area contributed by atoms with Gasteiger partial charge < -0.3 is 19.4 Å². The van der Waals surface area contributed by atoms with Gasteiger partial charge in [0.1, 0.15) is 11.5 Å². The van der Waals surface area contributed by atoms with Gasteiger partial charge in [-0.25, -0.2) is 4.39 Å². The zero-order valence-electron chi connectivity index (χ0n) is 13.0. The number of aromatic nitrogens is 1. The molecule has 5 nitrogen and oxygen atoms in total. The van der Waals surface area contributed by atoms with Crippen LogP contribution in [0.2, 0.25) is 0 Å². The van der Waals surface area contributed by atoms with Gasteiger partial charge in [0.15, 0.2) is 0 Å². The van der Waals surface area contributed by atoms with Crippen molar-refractivity contribution in [2.24, 2.45) is 11.3 Å². The van der Waals surface area contributed by atoms with Crippen LogP contribution in [0.4, 0.5) is 4.39 Å². The Balaban J connectivity index is 1.59. The third-order valence-corrected chi connectivity index (χ3v) is 5.05. The van der Waals surface area contributed by atoms with E-state index in [1.165, 1.54) is 12.1 Å². The van der Waals surface area contributed by atoms with Crippen molar-refractivity contribution in [2.75, 3.05) is 40.0 Å². The van der Waals surface area contributed by atoms with Gasteiger partial charge in [-0.3, -0.25) is 4.79 Å². The smallest absolute Gasteiger partial charge is 0.270 e. The molecule has 0 saturated carbocycles. The van der Waals surface area contributed by atoms with Gasteiger partial charge in [0.2, 0.25) is 0 Å². The lowest BCUT2D eigenvalue weighted by Crippen LogP contribution is -2.37. The molecule has 2 aromatic rings. The minimum Gasteiger partial charge on any atom is -0.384 e. The first kappa shape index (κ1) is 14.7. The summed E-state index contributed by atoms with van der Waals surface area (Å²) in [7, 11) is 1.68. The second-order valence-electron chi connectivity index (χ2n) is 6.61. The number of hydrogen-bond acceptors (Lipinski definition) is 3. The number of carbonyl (C=O) groups is 1. The molecule has 1 N–H and O–H groups in total. The highest BCUT2D eigenvalue weighted by molar-refractivity contribution is 5.98. The largest absolute Gasteiger partial charge is 0.384 e. The van der Waals surface area contributed by atoms with Crippen molar-refractivity contribution in [1.29, 1.82) is 0 Å². The normalized spacial score (nSPS) is 26.9. The Morgan fingerprint density at radius 2 is 2.39 bits per heavy atom. The zero-order valence-corrected chi connectivity index (χ0v) is 13.0. The van der Waals surface area contributed by atoms with Crippen LogP contribution in [0.3, 0.4) is 0 Å². The maximum Gasteiger partial charge on any atom is 0.270 e. The monoisotopic (exact) mass is 318 g/mol. The number of H-pyrrole nitrogens is 1. The van der Waals surface area contributed by atoms with E-state index in [9.17, 15) is 9.18 Å². The number of benzene rings is 1. The van der Waals surface area contributed by atoms with E-state index in [-0.39, 0.29) is 17.1 Å². The van der Waals surface area contributed by atoms with Gasteiger partial charge in [-0.05, 0) is 24.3 Å². The van der Waals surface area contributed by atoms with Crippen LogP contribution < -0.4 is 0 Å². The number of amides is 1. The molecule has 23 heavy (non-hydrogen) atoms. The maximum atomic E-state index is 13.3. The molecule has 3 heterocycles. The van der Waals surface area contributed by atoms with Crippen molar-refractivity contribution in [3.8, 4) is 0 Å². The Hall–Kier alpha value is -1.92. The Bertz CT molecular complexity index is 759. The summed E-state index contributed by atoms with van der Waals surface area (Å²) < 4.78 is 24.3. The van der Waals surface area contributed by atoms with E-state index in [1.807, 2.05) is 4.90 Å². The molecule has 2 saturated heterocycles. The van der Waals surface area contributed by atoms with Gasteiger partial charge >= 0.3 is 0 Å². The molecule has 122 valence electrons. The van der Waals surface area contributed by atoms with Gasteiger partial charge in [0, 0.05) is 42.4 Å². The van der Waals surface area contributed by atoms with Crippen LogP contribution in [-0.2, 0) is 9.47 Å². The quantitative estimate of drug-likeness (QED) is 0.942. The van der Waals surface area contributed by atoms with Gasteiger partial charge in [-0.15, -0.1) is 0 Å². The number of aromatic amines is 1. The lowest BCUT2D eigenvalue weighted by atomic mass is 9.82. The van der Waals surface area contributed by atoms with Crippen LogP contribution in [0.15, 0.2) is 24.3 Å². The summed E-state index contributed by atoms with van der Waals surface area (Å²) in [4.78, 5) is 17.7. The molecular formula is C17H19FN2O3. The molecule has 6 heteroatoms. The van der Waals surface area contributed by atoms with E-state index in [0.717, 1.165) is 5.52 Å². The number of likely N-dealkylation sites (tertiary alicyclic amines) is 1. The van der Waals surface area contributed by atoms with Crippen LogP contribution in [0.5, 0.6) is 0 Å². The van der Waals surface area contributed by atoms with Gasteiger partial charge in [0.05, 0.1) is 19.8 Å². The molecule has 2 aliphatic heterocycles. The van der Waals surface area contributed by atoms with Crippen molar-refractivity contribution < 1.29 is 18.7 Å². The molecule has 0 aliphatic carbocycles. The summed E-state index contributed by atoms with van der Waals surface area (Å²) in [6, 6.07) is 6.19. The van der Waals surface area contributed by atoms with Crippen molar-refractivity contribution in [3.63, 3.8) is 0 Å². The van der Waals surface area contributed by atoms with Crippen molar-refractivity contribution >= 4 is 16.8 Å². The fourth-order valence-corrected chi connectivity index (χ4v) is 3.87. The summed E-state index contributed by atoms with van der Waals surface area (Å²) in [6.45, 7) is 3.21. The number of rotatable bonds is 3. The molecule has 1 aromatic heterocycles. The lowest BCUT2D eigenvalue weighted by Gasteiger charge is -2.25. The fourth-order valence-electron chi connectivity index (χ4n) is 3.87. The zero-order chi connectivity index (χ0) is 16.0. The highest BCUT2D eigenvalue weighted by atomic mass is 19.1. The second-order valence-corrected chi connectivity index (χ2v) is 6.61. The number of fused-ring (bicyclic) bond motifs is 2. The molecule has 0 radical (unpaired) electrons. The number of halogens is 1. The Labute approximate surface area is 133 Å².